The molecule has 92 valence electrons. The van der Waals surface area contributed by atoms with Gasteiger partial charge in [0.25, 0.3) is 0 Å². The molecule has 1 aliphatic rings. The minimum atomic E-state index is 1.32. The average Bonchev–Trinajstić information content (AvgIpc) is 2.85. The van der Waals surface area contributed by atoms with E-state index in [2.05, 4.69) is 72.8 Å². The molecule has 0 saturated carbocycles. The van der Waals surface area contributed by atoms with E-state index in [-0.39, 0.29) is 0 Å². The standard InChI is InChI=1S/C20H12/c1-2-8-15-13(6-1)12-14-7-5-11-17-16-9-3-4-10-18(16)20(15)19(14)17/h1-12H. The normalized spacial score (nSPS) is 12.0. The second-order valence-electron chi connectivity index (χ2n) is 5.42. The van der Waals surface area contributed by atoms with E-state index in [1.807, 2.05) is 0 Å². The third kappa shape index (κ3) is 1.12. The monoisotopic (exact) mass is 252 g/mol. The van der Waals surface area contributed by atoms with Crippen molar-refractivity contribution in [2.24, 2.45) is 0 Å². The van der Waals surface area contributed by atoms with E-state index >= 15 is 0 Å². The number of fused-ring (bicyclic) bond motifs is 5. The first-order valence-electron chi connectivity index (χ1n) is 6.98. The lowest BCUT2D eigenvalue weighted by atomic mass is 9.96. The fourth-order valence-electron chi connectivity index (χ4n) is 3.56. The Kier molecular flexibility index (Phi) is 1.78. The first-order chi connectivity index (χ1) is 9.93. The zero-order valence-corrected chi connectivity index (χ0v) is 10.9. The van der Waals surface area contributed by atoms with Crippen molar-refractivity contribution in [1.29, 1.82) is 0 Å². The summed E-state index contributed by atoms with van der Waals surface area (Å²) in [5.41, 5.74) is 5.52. The van der Waals surface area contributed by atoms with Gasteiger partial charge in [-0.2, -0.15) is 0 Å². The van der Waals surface area contributed by atoms with E-state index in [0.29, 0.717) is 0 Å². The number of hydrogen-bond donors (Lipinski definition) is 0. The van der Waals surface area contributed by atoms with Crippen LogP contribution in [-0.4, -0.2) is 0 Å². The largest absolute Gasteiger partial charge is 0.0616 e. The molecule has 0 bridgehead atoms. The minimum Gasteiger partial charge on any atom is -0.0616 e. The molecule has 0 spiro atoms. The van der Waals surface area contributed by atoms with Gasteiger partial charge in [0.05, 0.1) is 0 Å². The summed E-state index contributed by atoms with van der Waals surface area (Å²) in [5.74, 6) is 0. The van der Waals surface area contributed by atoms with Crippen LogP contribution in [0.25, 0.3) is 43.8 Å². The van der Waals surface area contributed by atoms with Crippen LogP contribution in [0, 0.1) is 0 Å². The van der Waals surface area contributed by atoms with Crippen molar-refractivity contribution in [2.45, 2.75) is 0 Å². The third-order valence-electron chi connectivity index (χ3n) is 4.37. The Morgan fingerprint density at radius 1 is 0.500 bits per heavy atom. The topological polar surface area (TPSA) is 0 Å². The molecular formula is C20H12. The van der Waals surface area contributed by atoms with Crippen molar-refractivity contribution < 1.29 is 0 Å². The Hall–Kier alpha value is -2.60. The number of benzene rings is 4. The molecule has 4 aromatic rings. The highest BCUT2D eigenvalue weighted by Gasteiger charge is 2.22. The van der Waals surface area contributed by atoms with Crippen LogP contribution in [0.1, 0.15) is 0 Å². The van der Waals surface area contributed by atoms with E-state index in [1.165, 1.54) is 43.8 Å². The first kappa shape index (κ1) is 10.2. The fraction of sp³-hybridized carbons (Fsp3) is 0. The van der Waals surface area contributed by atoms with Crippen LogP contribution in [0.4, 0.5) is 0 Å². The Morgan fingerprint density at radius 3 is 2.15 bits per heavy atom. The molecule has 0 amide bonds. The van der Waals surface area contributed by atoms with Gasteiger partial charge in [-0.1, -0.05) is 66.7 Å². The van der Waals surface area contributed by atoms with Crippen molar-refractivity contribution >= 4 is 21.5 Å². The van der Waals surface area contributed by atoms with Gasteiger partial charge in [0, 0.05) is 0 Å². The van der Waals surface area contributed by atoms with Crippen LogP contribution < -0.4 is 0 Å². The first-order valence-corrected chi connectivity index (χ1v) is 6.98. The maximum atomic E-state index is 2.31. The molecule has 0 saturated heterocycles. The molecule has 0 radical (unpaired) electrons. The molecule has 0 unspecified atom stereocenters. The third-order valence-corrected chi connectivity index (χ3v) is 4.37. The van der Waals surface area contributed by atoms with Crippen LogP contribution in [0.5, 0.6) is 0 Å². The highest BCUT2D eigenvalue weighted by Crippen LogP contribution is 2.49. The van der Waals surface area contributed by atoms with E-state index < -0.39 is 0 Å². The predicted octanol–water partition coefficient (Wildman–Crippen LogP) is 5.64. The second-order valence-corrected chi connectivity index (χ2v) is 5.42. The predicted molar refractivity (Wildman–Crippen MR) is 85.9 cm³/mol. The van der Waals surface area contributed by atoms with Gasteiger partial charge in [0.2, 0.25) is 0 Å². The molecule has 0 N–H and O–H groups in total. The van der Waals surface area contributed by atoms with Crippen LogP contribution in [-0.2, 0) is 0 Å². The van der Waals surface area contributed by atoms with E-state index in [9.17, 15) is 0 Å². The molecule has 0 fully saturated rings. The molecule has 0 aliphatic heterocycles. The fourth-order valence-corrected chi connectivity index (χ4v) is 3.56. The van der Waals surface area contributed by atoms with Crippen molar-refractivity contribution in [3.05, 3.63) is 72.8 Å². The van der Waals surface area contributed by atoms with Crippen molar-refractivity contribution in [3.63, 3.8) is 0 Å². The molecule has 0 aromatic heterocycles. The lowest BCUT2D eigenvalue weighted by molar-refractivity contribution is 1.70. The number of hydrogen-bond acceptors (Lipinski definition) is 0. The molecule has 0 heteroatoms. The van der Waals surface area contributed by atoms with E-state index in [0.717, 1.165) is 0 Å². The van der Waals surface area contributed by atoms with Crippen LogP contribution in [0.15, 0.2) is 72.8 Å². The van der Waals surface area contributed by atoms with Crippen molar-refractivity contribution in [3.8, 4) is 22.3 Å². The Labute approximate surface area is 117 Å². The summed E-state index contributed by atoms with van der Waals surface area (Å²) in [5, 5.41) is 5.43. The Morgan fingerprint density at radius 2 is 1.20 bits per heavy atom. The van der Waals surface area contributed by atoms with E-state index in [4.69, 9.17) is 0 Å². The summed E-state index contributed by atoms with van der Waals surface area (Å²) in [6, 6.07) is 26.4. The van der Waals surface area contributed by atoms with Gasteiger partial charge < -0.3 is 0 Å². The lowest BCUT2D eigenvalue weighted by Gasteiger charge is -2.07. The molecule has 4 aromatic carbocycles. The van der Waals surface area contributed by atoms with Gasteiger partial charge in [0.1, 0.15) is 0 Å². The van der Waals surface area contributed by atoms with Crippen LogP contribution in [0.2, 0.25) is 0 Å². The smallest absolute Gasteiger partial charge is 0.00143 e. The summed E-state index contributed by atoms with van der Waals surface area (Å²) >= 11 is 0. The summed E-state index contributed by atoms with van der Waals surface area (Å²) in [6.45, 7) is 0. The highest BCUT2D eigenvalue weighted by molar-refractivity contribution is 6.23. The molecular weight excluding hydrogens is 240 g/mol. The molecule has 1 aliphatic carbocycles. The SMILES string of the molecule is c1ccc2c(c1)-c1cccc3cc4ccccc4c-2c13. The average molecular weight is 252 g/mol. The summed E-state index contributed by atoms with van der Waals surface area (Å²) in [4.78, 5) is 0. The highest BCUT2D eigenvalue weighted by atomic mass is 14.2. The van der Waals surface area contributed by atoms with Gasteiger partial charge in [-0.25, -0.2) is 0 Å². The van der Waals surface area contributed by atoms with Gasteiger partial charge in [-0.05, 0) is 49.9 Å². The lowest BCUT2D eigenvalue weighted by Crippen LogP contribution is -1.80. The van der Waals surface area contributed by atoms with Gasteiger partial charge in [-0.15, -0.1) is 0 Å². The van der Waals surface area contributed by atoms with Gasteiger partial charge >= 0.3 is 0 Å². The molecule has 5 rings (SSSR count). The summed E-state index contributed by atoms with van der Waals surface area (Å²) < 4.78 is 0. The second kappa shape index (κ2) is 3.49. The van der Waals surface area contributed by atoms with Crippen LogP contribution >= 0.6 is 0 Å². The summed E-state index contributed by atoms with van der Waals surface area (Å²) in [7, 11) is 0. The summed E-state index contributed by atoms with van der Waals surface area (Å²) in [6.07, 6.45) is 0. The van der Waals surface area contributed by atoms with Crippen LogP contribution in [0.3, 0.4) is 0 Å². The maximum absolute atomic E-state index is 2.31. The zero-order chi connectivity index (χ0) is 13.1. The maximum Gasteiger partial charge on any atom is -0.00143 e. The van der Waals surface area contributed by atoms with E-state index in [1.54, 1.807) is 0 Å². The van der Waals surface area contributed by atoms with Crippen molar-refractivity contribution in [2.75, 3.05) is 0 Å². The van der Waals surface area contributed by atoms with Crippen molar-refractivity contribution in [1.82, 2.24) is 0 Å². The molecule has 0 heterocycles. The molecule has 0 atom stereocenters. The molecule has 20 heavy (non-hydrogen) atoms. The number of rotatable bonds is 0. The van der Waals surface area contributed by atoms with Gasteiger partial charge in [0.15, 0.2) is 0 Å². The minimum absolute atomic E-state index is 1.32. The quantitative estimate of drug-likeness (QED) is 0.313. The Balaban J connectivity index is 2.15. The molecule has 0 nitrogen and oxygen atoms in total. The van der Waals surface area contributed by atoms with Gasteiger partial charge in [-0.3, -0.25) is 0 Å². The Bertz CT molecular complexity index is 993. The zero-order valence-electron chi connectivity index (χ0n) is 10.9.